The van der Waals surface area contributed by atoms with Crippen LogP contribution in [0, 0.1) is 17.8 Å². The van der Waals surface area contributed by atoms with E-state index in [9.17, 15) is 9.59 Å². The van der Waals surface area contributed by atoms with Gasteiger partial charge in [0.05, 0.1) is 18.8 Å². The first-order valence-corrected chi connectivity index (χ1v) is 14.3. The molecule has 0 bridgehead atoms. The van der Waals surface area contributed by atoms with E-state index in [1.54, 1.807) is 12.1 Å². The molecule has 5 nitrogen and oxygen atoms in total. The summed E-state index contributed by atoms with van der Waals surface area (Å²) in [5, 5.41) is 0. The van der Waals surface area contributed by atoms with Gasteiger partial charge in [-0.15, -0.1) is 0 Å². The van der Waals surface area contributed by atoms with E-state index >= 15 is 0 Å². The number of unbranched alkanes of at least 4 members (excludes halogenated alkanes) is 3. The molecule has 0 aromatic heterocycles. The largest absolute Gasteiger partial charge is 0.494 e. The molecule has 5 heteroatoms. The Morgan fingerprint density at radius 3 is 2.08 bits per heavy atom. The van der Waals surface area contributed by atoms with Crippen molar-refractivity contribution in [3.63, 3.8) is 0 Å². The van der Waals surface area contributed by atoms with Crippen LogP contribution in [0.5, 0.6) is 5.75 Å². The van der Waals surface area contributed by atoms with E-state index in [2.05, 4.69) is 13.5 Å². The van der Waals surface area contributed by atoms with Crippen molar-refractivity contribution in [2.75, 3.05) is 13.2 Å². The Balaban J connectivity index is 1.27. The van der Waals surface area contributed by atoms with E-state index in [4.69, 9.17) is 14.2 Å². The van der Waals surface area contributed by atoms with Crippen molar-refractivity contribution in [2.45, 2.75) is 103 Å². The van der Waals surface area contributed by atoms with Crippen molar-refractivity contribution in [3.05, 3.63) is 42.5 Å². The molecule has 1 aromatic carbocycles. The summed E-state index contributed by atoms with van der Waals surface area (Å²) < 4.78 is 16.6. The minimum Gasteiger partial charge on any atom is -0.494 e. The van der Waals surface area contributed by atoms with Crippen molar-refractivity contribution >= 4 is 11.9 Å². The summed E-state index contributed by atoms with van der Waals surface area (Å²) in [6.45, 7) is 6.74. The molecular weight excluding hydrogens is 452 g/mol. The number of carbonyl (C=O) groups is 2. The van der Waals surface area contributed by atoms with Crippen LogP contribution < -0.4 is 4.74 Å². The van der Waals surface area contributed by atoms with E-state index in [0.29, 0.717) is 18.8 Å². The maximum Gasteiger partial charge on any atom is 0.338 e. The third kappa shape index (κ3) is 9.63. The highest BCUT2D eigenvalue weighted by molar-refractivity contribution is 5.89. The summed E-state index contributed by atoms with van der Waals surface area (Å²) in [5.41, 5.74) is 0.591. The number of carbonyl (C=O) groups excluding carboxylic acids is 2. The number of ether oxygens (including phenoxy) is 3. The summed E-state index contributed by atoms with van der Waals surface area (Å²) in [6.07, 6.45) is 17.8. The monoisotopic (exact) mass is 498 g/mol. The maximum atomic E-state index is 12.7. The number of hydrogen-bond donors (Lipinski definition) is 0. The van der Waals surface area contributed by atoms with E-state index in [-0.39, 0.29) is 18.0 Å². The van der Waals surface area contributed by atoms with Gasteiger partial charge >= 0.3 is 11.9 Å². The third-order valence-corrected chi connectivity index (χ3v) is 8.06. The number of hydrogen-bond acceptors (Lipinski definition) is 5. The van der Waals surface area contributed by atoms with Crippen LogP contribution >= 0.6 is 0 Å². The Hall–Kier alpha value is -2.30. The molecule has 2 aliphatic rings. The summed E-state index contributed by atoms with van der Waals surface area (Å²) in [5.74, 6) is 2.86. The maximum absolute atomic E-state index is 12.7. The number of rotatable bonds is 14. The lowest BCUT2D eigenvalue weighted by molar-refractivity contribution is -0.137. The van der Waals surface area contributed by atoms with Gasteiger partial charge in [-0.25, -0.2) is 9.59 Å². The molecule has 0 amide bonds. The van der Waals surface area contributed by atoms with E-state index in [1.807, 2.05) is 12.1 Å². The van der Waals surface area contributed by atoms with E-state index in [1.165, 1.54) is 57.4 Å². The van der Waals surface area contributed by atoms with Crippen LogP contribution in [-0.2, 0) is 14.3 Å². The zero-order valence-electron chi connectivity index (χ0n) is 22.3. The molecule has 2 saturated carbocycles. The molecule has 0 unspecified atom stereocenters. The van der Waals surface area contributed by atoms with Gasteiger partial charge in [0.25, 0.3) is 0 Å². The third-order valence-electron chi connectivity index (χ3n) is 8.06. The Morgan fingerprint density at radius 1 is 0.861 bits per heavy atom. The molecule has 0 saturated heterocycles. The van der Waals surface area contributed by atoms with Crippen LogP contribution in [0.15, 0.2) is 36.9 Å². The van der Waals surface area contributed by atoms with Gasteiger partial charge in [0.1, 0.15) is 11.9 Å². The average Bonchev–Trinajstić information content (AvgIpc) is 2.91. The highest BCUT2D eigenvalue weighted by atomic mass is 16.5. The second-order valence-corrected chi connectivity index (χ2v) is 10.7. The molecule has 1 aromatic rings. The first-order chi connectivity index (χ1) is 17.6. The topological polar surface area (TPSA) is 61.8 Å². The van der Waals surface area contributed by atoms with E-state index < -0.39 is 0 Å². The Kier molecular flexibility index (Phi) is 12.4. The van der Waals surface area contributed by atoms with Crippen LogP contribution in [-0.4, -0.2) is 31.3 Å². The molecule has 0 N–H and O–H groups in total. The Bertz CT molecular complexity index is 786. The molecule has 0 radical (unpaired) electrons. The van der Waals surface area contributed by atoms with Gasteiger partial charge in [0, 0.05) is 6.08 Å². The van der Waals surface area contributed by atoms with Crippen LogP contribution in [0.4, 0.5) is 0 Å². The normalized spacial score (nSPS) is 24.0. The van der Waals surface area contributed by atoms with Gasteiger partial charge in [-0.05, 0) is 106 Å². The minimum absolute atomic E-state index is 0.0569. The van der Waals surface area contributed by atoms with Crippen LogP contribution in [0.1, 0.15) is 107 Å². The molecule has 0 aliphatic heterocycles. The highest BCUT2D eigenvalue weighted by Gasteiger charge is 2.31. The smallest absolute Gasteiger partial charge is 0.338 e. The van der Waals surface area contributed by atoms with Crippen LogP contribution in [0.25, 0.3) is 0 Å². The molecule has 200 valence electrons. The standard InChI is InChI=1S/C31H46O5/c1-3-9-24-10-12-25(13-11-24)26-14-20-29(21-15-26)36-31(33)27-16-18-28(19-17-27)34-22-7-5-6-8-23-35-30(32)4-2/h4,16-19,24-26,29H,2-3,5-15,20-23H2,1H3. The zero-order valence-corrected chi connectivity index (χ0v) is 22.3. The van der Waals surface area contributed by atoms with Crippen molar-refractivity contribution < 1.29 is 23.8 Å². The SMILES string of the molecule is C=CC(=O)OCCCCCCOc1ccc(C(=O)OC2CCC(C3CCC(CCC)CC3)CC2)cc1. The van der Waals surface area contributed by atoms with Gasteiger partial charge in [0.15, 0.2) is 0 Å². The fourth-order valence-corrected chi connectivity index (χ4v) is 5.92. The number of esters is 2. The van der Waals surface area contributed by atoms with Crippen LogP contribution in [0.2, 0.25) is 0 Å². The summed E-state index contributed by atoms with van der Waals surface area (Å²) in [7, 11) is 0. The summed E-state index contributed by atoms with van der Waals surface area (Å²) >= 11 is 0. The van der Waals surface area contributed by atoms with Crippen LogP contribution in [0.3, 0.4) is 0 Å². The molecule has 0 spiro atoms. The lowest BCUT2D eigenvalue weighted by Gasteiger charge is -2.37. The van der Waals surface area contributed by atoms with Gasteiger partial charge in [-0.1, -0.05) is 39.2 Å². The second kappa shape index (κ2) is 15.7. The Labute approximate surface area is 218 Å². The quantitative estimate of drug-likeness (QED) is 0.150. The lowest BCUT2D eigenvalue weighted by Crippen LogP contribution is -2.29. The molecule has 3 rings (SSSR count). The van der Waals surface area contributed by atoms with Crippen molar-refractivity contribution in [2.24, 2.45) is 17.8 Å². The molecule has 0 heterocycles. The minimum atomic E-state index is -0.367. The molecule has 36 heavy (non-hydrogen) atoms. The van der Waals surface area contributed by atoms with Gasteiger partial charge in [-0.3, -0.25) is 0 Å². The van der Waals surface area contributed by atoms with Crippen molar-refractivity contribution in [1.29, 1.82) is 0 Å². The predicted octanol–water partition coefficient (Wildman–Crippen LogP) is 7.68. The van der Waals surface area contributed by atoms with Gasteiger partial charge in [0.2, 0.25) is 0 Å². The molecular formula is C31H46O5. The fourth-order valence-electron chi connectivity index (χ4n) is 5.92. The zero-order chi connectivity index (χ0) is 25.6. The summed E-state index contributed by atoms with van der Waals surface area (Å²) in [4.78, 5) is 23.6. The van der Waals surface area contributed by atoms with Crippen molar-refractivity contribution in [1.82, 2.24) is 0 Å². The van der Waals surface area contributed by atoms with Gasteiger partial charge < -0.3 is 14.2 Å². The first kappa shape index (κ1) is 28.3. The predicted molar refractivity (Wildman–Crippen MR) is 143 cm³/mol. The fraction of sp³-hybridized carbons (Fsp3) is 0.677. The molecule has 2 fully saturated rings. The molecule has 2 aliphatic carbocycles. The number of benzene rings is 1. The average molecular weight is 499 g/mol. The summed E-state index contributed by atoms with van der Waals surface area (Å²) in [6, 6.07) is 7.28. The molecule has 0 atom stereocenters. The van der Waals surface area contributed by atoms with E-state index in [0.717, 1.165) is 62.0 Å². The first-order valence-electron chi connectivity index (χ1n) is 14.3. The highest BCUT2D eigenvalue weighted by Crippen LogP contribution is 2.41. The van der Waals surface area contributed by atoms with Gasteiger partial charge in [-0.2, -0.15) is 0 Å². The van der Waals surface area contributed by atoms with Crippen molar-refractivity contribution in [3.8, 4) is 5.75 Å². The second-order valence-electron chi connectivity index (χ2n) is 10.7. The Morgan fingerprint density at radius 2 is 1.47 bits per heavy atom. The lowest BCUT2D eigenvalue weighted by atomic mass is 9.70.